The third-order valence-corrected chi connectivity index (χ3v) is 10.5. The number of fused-ring (bicyclic) bond motifs is 1. The minimum Gasteiger partial charge on any atom is -0.394 e. The lowest BCUT2D eigenvalue weighted by atomic mass is 9.66. The predicted molar refractivity (Wildman–Crippen MR) is 148 cm³/mol. The van der Waals surface area contributed by atoms with Crippen LogP contribution in [0.2, 0.25) is 0 Å². The van der Waals surface area contributed by atoms with Crippen LogP contribution in [0.5, 0.6) is 0 Å². The molecule has 7 nitrogen and oxygen atoms in total. The summed E-state index contributed by atoms with van der Waals surface area (Å²) >= 11 is 1.64. The molecule has 200 valence electrons. The van der Waals surface area contributed by atoms with E-state index in [1.54, 1.807) is 52.6 Å². The summed E-state index contributed by atoms with van der Waals surface area (Å²) in [5, 5.41) is 10.1. The first kappa shape index (κ1) is 27.5. The Morgan fingerprint density at radius 2 is 1.89 bits per heavy atom. The molecular formula is C29H39N3O4S. The maximum absolute atomic E-state index is 14.6. The molecule has 3 heterocycles. The molecule has 3 amide bonds. The second-order valence-corrected chi connectivity index (χ2v) is 12.9. The number of aryl methyl sites for hydroxylation is 2. The van der Waals surface area contributed by atoms with Gasteiger partial charge in [-0.1, -0.05) is 24.3 Å². The Labute approximate surface area is 224 Å². The Bertz CT molecular complexity index is 1140. The van der Waals surface area contributed by atoms with Crippen LogP contribution in [0.3, 0.4) is 0 Å². The number of hydrogen-bond donors (Lipinski definition) is 1. The summed E-state index contributed by atoms with van der Waals surface area (Å²) in [6.45, 7) is 15.9. The second-order valence-electron chi connectivity index (χ2n) is 11.0. The number of nitrogens with zero attached hydrogens (tertiary/aromatic N) is 3. The van der Waals surface area contributed by atoms with Crippen LogP contribution in [-0.2, 0) is 14.4 Å². The van der Waals surface area contributed by atoms with Crippen LogP contribution >= 0.6 is 11.8 Å². The Hall–Kier alpha value is -2.58. The molecule has 8 heteroatoms. The van der Waals surface area contributed by atoms with E-state index in [0.29, 0.717) is 19.5 Å². The molecule has 0 aromatic heterocycles. The fraction of sp³-hybridized carbons (Fsp3) is 0.552. The number of aliphatic hydroxyl groups is 1. The zero-order valence-corrected chi connectivity index (χ0v) is 23.4. The number of carbonyl (C=O) groups is 3. The molecule has 1 aromatic rings. The van der Waals surface area contributed by atoms with E-state index in [1.165, 1.54) is 0 Å². The number of rotatable bonds is 9. The van der Waals surface area contributed by atoms with Crippen molar-refractivity contribution >= 4 is 35.2 Å². The molecular weight excluding hydrogens is 486 g/mol. The summed E-state index contributed by atoms with van der Waals surface area (Å²) in [4.78, 5) is 47.4. The largest absolute Gasteiger partial charge is 0.394 e. The minimum absolute atomic E-state index is 0.0861. The zero-order valence-electron chi connectivity index (χ0n) is 22.6. The number of likely N-dealkylation sites (tertiary alicyclic amines) is 1. The van der Waals surface area contributed by atoms with Crippen LogP contribution < -0.4 is 4.90 Å². The lowest BCUT2D eigenvalue weighted by molar-refractivity contribution is -0.145. The Balaban J connectivity index is 1.85. The van der Waals surface area contributed by atoms with E-state index in [-0.39, 0.29) is 24.3 Å². The van der Waals surface area contributed by atoms with Crippen molar-refractivity contribution in [2.45, 2.75) is 62.1 Å². The third-order valence-electron chi connectivity index (χ3n) is 8.47. The smallest absolute Gasteiger partial charge is 0.251 e. The van der Waals surface area contributed by atoms with Gasteiger partial charge in [-0.15, -0.1) is 24.9 Å². The van der Waals surface area contributed by atoms with E-state index in [9.17, 15) is 19.5 Å². The summed E-state index contributed by atoms with van der Waals surface area (Å²) in [5.41, 5.74) is 2.77. The van der Waals surface area contributed by atoms with Gasteiger partial charge >= 0.3 is 0 Å². The standard InChI is InChI=1S/C29H39N3O4S/c1-8-14-30(7)25(34)22-23-26(35)32(20(5)17-33)24(29(23)13-12-28(22,6)37-29)27(36)31(15-9-2)21-16-18(3)10-11-19(21)4/h8-11,16,20,22-24,33H,1-2,12-15,17H2,3-7H3/t20-,22-,23+,24?,28+,29?/m1/s1. The van der Waals surface area contributed by atoms with E-state index in [4.69, 9.17) is 0 Å². The minimum atomic E-state index is -0.790. The van der Waals surface area contributed by atoms with Crippen molar-refractivity contribution in [3.8, 4) is 0 Å². The van der Waals surface area contributed by atoms with Gasteiger partial charge in [0, 0.05) is 30.6 Å². The average molecular weight is 526 g/mol. The summed E-state index contributed by atoms with van der Waals surface area (Å²) in [7, 11) is 1.74. The average Bonchev–Trinajstić information content (AvgIpc) is 3.43. The first-order chi connectivity index (χ1) is 17.5. The number of hydrogen-bond acceptors (Lipinski definition) is 5. The number of thioether (sulfide) groups is 1. The molecule has 0 aliphatic carbocycles. The van der Waals surface area contributed by atoms with Crippen molar-refractivity contribution in [2.24, 2.45) is 11.8 Å². The fourth-order valence-electron chi connectivity index (χ4n) is 6.70. The van der Waals surface area contributed by atoms with Gasteiger partial charge in [-0.3, -0.25) is 14.4 Å². The normalized spacial score (nSPS) is 30.7. The maximum atomic E-state index is 14.6. The van der Waals surface area contributed by atoms with Crippen molar-refractivity contribution in [1.82, 2.24) is 9.80 Å². The van der Waals surface area contributed by atoms with Crippen molar-refractivity contribution < 1.29 is 19.5 Å². The molecule has 0 radical (unpaired) electrons. The molecule has 4 rings (SSSR count). The van der Waals surface area contributed by atoms with Gasteiger partial charge in [0.15, 0.2) is 0 Å². The number of carbonyl (C=O) groups excluding carboxylic acids is 3. The predicted octanol–water partition coefficient (Wildman–Crippen LogP) is 3.33. The van der Waals surface area contributed by atoms with E-state index in [1.807, 2.05) is 32.0 Å². The SMILES string of the molecule is C=CCN(C)C(=O)[C@H]1[C@H]2C(=O)N([C@H](C)CO)C(C(=O)N(CC=C)c3cc(C)ccc3C)C23CC[C@]1(C)S3. The van der Waals surface area contributed by atoms with Gasteiger partial charge in [0.25, 0.3) is 5.91 Å². The molecule has 1 aromatic carbocycles. The van der Waals surface area contributed by atoms with E-state index in [0.717, 1.165) is 23.2 Å². The van der Waals surface area contributed by atoms with Crippen LogP contribution in [0.15, 0.2) is 43.5 Å². The Morgan fingerprint density at radius 3 is 2.51 bits per heavy atom. The van der Waals surface area contributed by atoms with E-state index >= 15 is 0 Å². The second kappa shape index (κ2) is 9.95. The van der Waals surface area contributed by atoms with Gasteiger partial charge in [-0.05, 0) is 57.7 Å². The van der Waals surface area contributed by atoms with Crippen molar-refractivity contribution in [3.63, 3.8) is 0 Å². The number of amides is 3. The van der Waals surface area contributed by atoms with Crippen molar-refractivity contribution in [1.29, 1.82) is 0 Å². The van der Waals surface area contributed by atoms with Gasteiger partial charge in [-0.25, -0.2) is 0 Å². The molecule has 3 saturated heterocycles. The summed E-state index contributed by atoms with van der Waals surface area (Å²) in [5.74, 6) is -1.64. The molecule has 1 spiro atoms. The van der Waals surface area contributed by atoms with Crippen LogP contribution in [-0.4, -0.2) is 80.9 Å². The molecule has 1 N–H and O–H groups in total. The summed E-state index contributed by atoms with van der Waals surface area (Å²) in [6, 6.07) is 4.64. The van der Waals surface area contributed by atoms with Crippen LogP contribution in [0.4, 0.5) is 5.69 Å². The molecule has 3 fully saturated rings. The summed E-state index contributed by atoms with van der Waals surface area (Å²) < 4.78 is -1.18. The molecule has 3 aliphatic rings. The van der Waals surface area contributed by atoms with Crippen molar-refractivity contribution in [2.75, 3.05) is 31.6 Å². The number of aliphatic hydroxyl groups excluding tert-OH is 1. The fourth-order valence-corrected chi connectivity index (χ4v) is 9.03. The van der Waals surface area contributed by atoms with Gasteiger partial charge in [0.1, 0.15) is 6.04 Å². The molecule has 0 saturated carbocycles. The quantitative estimate of drug-likeness (QED) is 0.501. The monoisotopic (exact) mass is 525 g/mol. The number of benzene rings is 1. The first-order valence-electron chi connectivity index (χ1n) is 13.0. The Morgan fingerprint density at radius 1 is 1.22 bits per heavy atom. The number of likely N-dealkylation sites (N-methyl/N-ethyl adjacent to an activating group) is 1. The van der Waals surface area contributed by atoms with Gasteiger partial charge in [0.05, 0.1) is 29.2 Å². The van der Waals surface area contributed by atoms with Crippen molar-refractivity contribution in [3.05, 3.63) is 54.6 Å². The highest BCUT2D eigenvalue weighted by Gasteiger charge is 2.77. The highest BCUT2D eigenvalue weighted by atomic mass is 32.2. The molecule has 37 heavy (non-hydrogen) atoms. The van der Waals surface area contributed by atoms with Crippen LogP contribution in [0.25, 0.3) is 0 Å². The Kier molecular flexibility index (Phi) is 7.38. The maximum Gasteiger partial charge on any atom is 0.251 e. The number of anilines is 1. The molecule has 2 unspecified atom stereocenters. The first-order valence-corrected chi connectivity index (χ1v) is 13.8. The lowest BCUT2D eigenvalue weighted by Crippen LogP contribution is -2.57. The van der Waals surface area contributed by atoms with Gasteiger partial charge in [-0.2, -0.15) is 0 Å². The topological polar surface area (TPSA) is 81.2 Å². The molecule has 6 atom stereocenters. The highest BCUT2D eigenvalue weighted by molar-refractivity contribution is 8.02. The third kappa shape index (κ3) is 4.13. The van der Waals surface area contributed by atoms with Gasteiger partial charge < -0.3 is 19.8 Å². The van der Waals surface area contributed by atoms with E-state index < -0.39 is 33.4 Å². The van der Waals surface area contributed by atoms with Crippen LogP contribution in [0.1, 0.15) is 37.8 Å². The van der Waals surface area contributed by atoms with Gasteiger partial charge in [0.2, 0.25) is 11.8 Å². The lowest BCUT2D eigenvalue weighted by Gasteiger charge is -2.39. The van der Waals surface area contributed by atoms with E-state index in [2.05, 4.69) is 20.1 Å². The van der Waals surface area contributed by atoms with Crippen LogP contribution in [0, 0.1) is 25.7 Å². The highest BCUT2D eigenvalue weighted by Crippen LogP contribution is 2.71. The molecule has 2 bridgehead atoms. The molecule has 3 aliphatic heterocycles. The summed E-state index contributed by atoms with van der Waals surface area (Å²) in [6.07, 6.45) is 4.79. The zero-order chi connectivity index (χ0) is 27.3.